The van der Waals surface area contributed by atoms with Gasteiger partial charge in [-0.15, -0.1) is 0 Å². The zero-order chi connectivity index (χ0) is 10.5. The summed E-state index contributed by atoms with van der Waals surface area (Å²) in [5.74, 6) is 2.62. The number of hydrogen-bond donors (Lipinski definition) is 1. The van der Waals surface area contributed by atoms with E-state index in [1.807, 2.05) is 0 Å². The molecular weight excluding hydrogens is 202 g/mol. The molecular formula is C13H19NS. The van der Waals surface area contributed by atoms with Crippen LogP contribution in [0.1, 0.15) is 31.4 Å². The molecule has 0 saturated carbocycles. The van der Waals surface area contributed by atoms with Gasteiger partial charge in [0.05, 0.1) is 0 Å². The van der Waals surface area contributed by atoms with Crippen molar-refractivity contribution < 1.29 is 0 Å². The van der Waals surface area contributed by atoms with Gasteiger partial charge in [-0.1, -0.05) is 30.3 Å². The molecule has 82 valence electrons. The van der Waals surface area contributed by atoms with Crippen LogP contribution in [0.3, 0.4) is 0 Å². The highest BCUT2D eigenvalue weighted by atomic mass is 32.2. The highest BCUT2D eigenvalue weighted by Gasteiger charge is 2.16. The third-order valence-electron chi connectivity index (χ3n) is 2.95. The summed E-state index contributed by atoms with van der Waals surface area (Å²) >= 11 is 2.08. The first-order chi connectivity index (χ1) is 7.36. The first-order valence-electron chi connectivity index (χ1n) is 5.75. The van der Waals surface area contributed by atoms with Crippen LogP contribution in [0.15, 0.2) is 30.3 Å². The zero-order valence-electron chi connectivity index (χ0n) is 9.28. The van der Waals surface area contributed by atoms with Crippen LogP contribution in [0.5, 0.6) is 0 Å². The third kappa shape index (κ3) is 3.25. The molecule has 0 amide bonds. The zero-order valence-corrected chi connectivity index (χ0v) is 10.1. The van der Waals surface area contributed by atoms with Gasteiger partial charge in [0.25, 0.3) is 0 Å². The molecule has 1 unspecified atom stereocenters. The maximum absolute atomic E-state index is 3.71. The molecule has 1 heterocycles. The van der Waals surface area contributed by atoms with Crippen molar-refractivity contribution in [2.45, 2.75) is 31.8 Å². The topological polar surface area (TPSA) is 12.0 Å². The van der Waals surface area contributed by atoms with Crippen molar-refractivity contribution in [1.82, 2.24) is 5.32 Å². The fourth-order valence-electron chi connectivity index (χ4n) is 2.06. The van der Waals surface area contributed by atoms with Crippen molar-refractivity contribution in [3.8, 4) is 0 Å². The van der Waals surface area contributed by atoms with E-state index in [-0.39, 0.29) is 0 Å². The van der Waals surface area contributed by atoms with Crippen LogP contribution >= 0.6 is 11.8 Å². The Morgan fingerprint density at radius 1 is 1.33 bits per heavy atom. The number of rotatable bonds is 3. The Labute approximate surface area is 96.7 Å². The van der Waals surface area contributed by atoms with Gasteiger partial charge in [0.2, 0.25) is 0 Å². The average Bonchev–Trinajstić information content (AvgIpc) is 2.31. The van der Waals surface area contributed by atoms with Gasteiger partial charge < -0.3 is 5.32 Å². The molecule has 0 aromatic heterocycles. The molecule has 15 heavy (non-hydrogen) atoms. The number of thioether (sulfide) groups is 1. The average molecular weight is 221 g/mol. The van der Waals surface area contributed by atoms with E-state index in [0.29, 0.717) is 12.1 Å². The Morgan fingerprint density at radius 2 is 2.13 bits per heavy atom. The van der Waals surface area contributed by atoms with Gasteiger partial charge in [0, 0.05) is 17.8 Å². The van der Waals surface area contributed by atoms with Crippen molar-refractivity contribution >= 4 is 11.8 Å². The summed E-state index contributed by atoms with van der Waals surface area (Å²) in [7, 11) is 0. The quantitative estimate of drug-likeness (QED) is 0.841. The molecule has 0 spiro atoms. The predicted molar refractivity (Wildman–Crippen MR) is 68.3 cm³/mol. The van der Waals surface area contributed by atoms with E-state index in [1.165, 1.54) is 29.9 Å². The Bertz CT molecular complexity index is 280. The van der Waals surface area contributed by atoms with Crippen molar-refractivity contribution in [1.29, 1.82) is 0 Å². The van der Waals surface area contributed by atoms with Gasteiger partial charge in [-0.3, -0.25) is 0 Å². The summed E-state index contributed by atoms with van der Waals surface area (Å²) in [4.78, 5) is 0. The van der Waals surface area contributed by atoms with Crippen molar-refractivity contribution in [2.75, 3.05) is 11.5 Å². The molecule has 0 aliphatic carbocycles. The summed E-state index contributed by atoms with van der Waals surface area (Å²) in [5, 5.41) is 3.71. The second-order valence-corrected chi connectivity index (χ2v) is 5.36. The minimum Gasteiger partial charge on any atom is -0.307 e. The van der Waals surface area contributed by atoms with Gasteiger partial charge in [-0.2, -0.15) is 11.8 Å². The standard InChI is InChI=1S/C13H19NS/c1-11(12-6-3-2-4-7-12)14-13-8-5-9-15-10-13/h2-4,6-7,11,13-14H,5,8-10H2,1H3/t11-,13?/m1/s1. The fraction of sp³-hybridized carbons (Fsp3) is 0.538. The Balaban J connectivity index is 1.88. The van der Waals surface area contributed by atoms with Crippen LogP contribution in [-0.4, -0.2) is 17.5 Å². The summed E-state index contributed by atoms with van der Waals surface area (Å²) in [6, 6.07) is 11.9. The molecule has 0 bridgehead atoms. The third-order valence-corrected chi connectivity index (χ3v) is 4.16. The van der Waals surface area contributed by atoms with Crippen molar-refractivity contribution in [2.24, 2.45) is 0 Å². The highest BCUT2D eigenvalue weighted by Crippen LogP contribution is 2.20. The molecule has 1 saturated heterocycles. The van der Waals surface area contributed by atoms with Crippen LogP contribution in [-0.2, 0) is 0 Å². The van der Waals surface area contributed by atoms with Crippen LogP contribution in [0.2, 0.25) is 0 Å². The summed E-state index contributed by atoms with van der Waals surface area (Å²) in [6.45, 7) is 2.26. The molecule has 1 fully saturated rings. The number of benzene rings is 1. The Morgan fingerprint density at radius 3 is 2.80 bits per heavy atom. The second kappa shape index (κ2) is 5.57. The highest BCUT2D eigenvalue weighted by molar-refractivity contribution is 7.99. The minimum absolute atomic E-state index is 0.481. The minimum atomic E-state index is 0.481. The monoisotopic (exact) mass is 221 g/mol. The first-order valence-corrected chi connectivity index (χ1v) is 6.90. The van der Waals surface area contributed by atoms with E-state index < -0.39 is 0 Å². The molecule has 2 heteroatoms. The molecule has 1 nitrogen and oxygen atoms in total. The largest absolute Gasteiger partial charge is 0.307 e. The van der Waals surface area contributed by atoms with E-state index in [0.717, 1.165) is 0 Å². The van der Waals surface area contributed by atoms with Crippen molar-refractivity contribution in [3.05, 3.63) is 35.9 Å². The maximum atomic E-state index is 3.71. The predicted octanol–water partition coefficient (Wildman–Crippen LogP) is 3.23. The lowest BCUT2D eigenvalue weighted by Gasteiger charge is -2.26. The summed E-state index contributed by atoms with van der Waals surface area (Å²) in [5.41, 5.74) is 1.40. The van der Waals surface area contributed by atoms with Gasteiger partial charge in [0.15, 0.2) is 0 Å². The van der Waals surface area contributed by atoms with Crippen LogP contribution < -0.4 is 5.32 Å². The molecule has 2 rings (SSSR count). The molecule has 0 radical (unpaired) electrons. The second-order valence-electron chi connectivity index (χ2n) is 4.21. The van der Waals surface area contributed by atoms with E-state index in [1.54, 1.807) is 0 Å². The lowest BCUT2D eigenvalue weighted by atomic mass is 10.1. The Hall–Kier alpha value is -0.470. The number of hydrogen-bond acceptors (Lipinski definition) is 2. The molecule has 1 aromatic carbocycles. The molecule has 1 N–H and O–H groups in total. The van der Waals surface area contributed by atoms with Gasteiger partial charge in [-0.25, -0.2) is 0 Å². The van der Waals surface area contributed by atoms with E-state index in [4.69, 9.17) is 0 Å². The number of nitrogens with one attached hydrogen (secondary N) is 1. The van der Waals surface area contributed by atoms with Crippen LogP contribution in [0, 0.1) is 0 Å². The molecule has 1 aromatic rings. The van der Waals surface area contributed by atoms with E-state index in [2.05, 4.69) is 54.3 Å². The maximum Gasteiger partial charge on any atom is 0.0294 e. The Kier molecular flexibility index (Phi) is 4.09. The normalized spacial score (nSPS) is 23.7. The first kappa shape index (κ1) is 11.0. The smallest absolute Gasteiger partial charge is 0.0294 e. The van der Waals surface area contributed by atoms with Crippen LogP contribution in [0.25, 0.3) is 0 Å². The summed E-state index contributed by atoms with van der Waals surface area (Å²) < 4.78 is 0. The van der Waals surface area contributed by atoms with E-state index in [9.17, 15) is 0 Å². The molecule has 1 aliphatic rings. The van der Waals surface area contributed by atoms with Gasteiger partial charge in [0.1, 0.15) is 0 Å². The SMILES string of the molecule is C[C@@H](NC1CCCSC1)c1ccccc1. The lowest BCUT2D eigenvalue weighted by Crippen LogP contribution is -2.35. The molecule has 2 atom stereocenters. The molecule has 1 aliphatic heterocycles. The van der Waals surface area contributed by atoms with Gasteiger partial charge in [-0.05, 0) is 31.1 Å². The lowest BCUT2D eigenvalue weighted by molar-refractivity contribution is 0.453. The van der Waals surface area contributed by atoms with Crippen LogP contribution in [0.4, 0.5) is 0 Å². The summed E-state index contributed by atoms with van der Waals surface area (Å²) in [6.07, 6.45) is 2.70. The van der Waals surface area contributed by atoms with Crippen molar-refractivity contribution in [3.63, 3.8) is 0 Å². The fourth-order valence-corrected chi connectivity index (χ4v) is 3.15. The van der Waals surface area contributed by atoms with E-state index >= 15 is 0 Å². The van der Waals surface area contributed by atoms with Gasteiger partial charge >= 0.3 is 0 Å².